The number of hydrogen-bond acceptors (Lipinski definition) is 5. The number of fused-ring (bicyclic) bond motifs is 1. The van der Waals surface area contributed by atoms with E-state index in [0.717, 1.165) is 70.5 Å². The Balaban J connectivity index is 1.28. The van der Waals surface area contributed by atoms with E-state index in [0.29, 0.717) is 6.54 Å². The number of sulfonamides is 1. The van der Waals surface area contributed by atoms with Gasteiger partial charge in [0, 0.05) is 36.0 Å². The smallest absolute Gasteiger partial charge is 0.240 e. The monoisotopic (exact) mass is 537 g/mol. The van der Waals surface area contributed by atoms with Crippen LogP contribution in [0.3, 0.4) is 0 Å². The van der Waals surface area contributed by atoms with Gasteiger partial charge in [-0.3, -0.25) is 0 Å². The SMILES string of the molecule is Bc1cnn2c(NCC3=CC=C(CNS(=O)(=O)c4cccc(F)c4)CC3)cc(C3=C(Cl)CCC=C3)nc12. The summed E-state index contributed by atoms with van der Waals surface area (Å²) in [6.45, 7) is 0.791. The number of hydrogen-bond donors (Lipinski definition) is 2. The molecule has 7 nitrogen and oxygen atoms in total. The average molecular weight is 538 g/mol. The summed E-state index contributed by atoms with van der Waals surface area (Å²) in [6, 6.07) is 6.96. The molecule has 2 aromatic heterocycles. The Kier molecular flexibility index (Phi) is 7.32. The van der Waals surface area contributed by atoms with Gasteiger partial charge in [0.1, 0.15) is 19.5 Å². The van der Waals surface area contributed by atoms with Gasteiger partial charge in [-0.2, -0.15) is 9.61 Å². The van der Waals surface area contributed by atoms with Crippen LogP contribution in [0.5, 0.6) is 0 Å². The number of halogens is 2. The van der Waals surface area contributed by atoms with E-state index in [1.54, 1.807) is 10.7 Å². The molecule has 2 N–H and O–H groups in total. The lowest BCUT2D eigenvalue weighted by Crippen LogP contribution is -2.26. The largest absolute Gasteiger partial charge is 0.366 e. The molecule has 2 aliphatic rings. The molecule has 1 aromatic carbocycles. The first-order chi connectivity index (χ1) is 17.8. The summed E-state index contributed by atoms with van der Waals surface area (Å²) in [5, 5.41) is 8.78. The highest BCUT2D eigenvalue weighted by molar-refractivity contribution is 7.89. The Bertz CT molecular complexity index is 1590. The maximum absolute atomic E-state index is 13.4. The van der Waals surface area contributed by atoms with Crippen molar-refractivity contribution in [3.63, 3.8) is 0 Å². The van der Waals surface area contributed by atoms with Crippen LogP contribution in [-0.4, -0.2) is 44.0 Å². The number of aromatic nitrogens is 3. The van der Waals surface area contributed by atoms with Gasteiger partial charge < -0.3 is 5.32 Å². The Morgan fingerprint density at radius 2 is 1.89 bits per heavy atom. The Morgan fingerprint density at radius 3 is 2.62 bits per heavy atom. The molecular formula is C26H26BClFN5O2S. The zero-order valence-corrected chi connectivity index (χ0v) is 21.9. The van der Waals surface area contributed by atoms with Crippen LogP contribution < -0.4 is 15.5 Å². The fourth-order valence-corrected chi connectivity index (χ4v) is 5.66. The van der Waals surface area contributed by atoms with Gasteiger partial charge in [0.05, 0.1) is 10.6 Å². The van der Waals surface area contributed by atoms with E-state index in [9.17, 15) is 12.8 Å². The molecule has 0 bridgehead atoms. The number of allylic oxidation sites excluding steroid dienone is 6. The summed E-state index contributed by atoms with van der Waals surface area (Å²) in [5.74, 6) is 0.237. The molecule has 0 aliphatic heterocycles. The normalized spacial score (nSPS) is 16.2. The van der Waals surface area contributed by atoms with Crippen molar-refractivity contribution in [3.05, 3.63) is 88.5 Å². The quantitative estimate of drug-likeness (QED) is 0.430. The average Bonchev–Trinajstić information content (AvgIpc) is 3.27. The summed E-state index contributed by atoms with van der Waals surface area (Å²) in [4.78, 5) is 4.73. The van der Waals surface area contributed by atoms with Crippen molar-refractivity contribution in [1.82, 2.24) is 19.3 Å². The summed E-state index contributed by atoms with van der Waals surface area (Å²) < 4.78 is 42.7. The minimum atomic E-state index is -3.78. The molecule has 0 spiro atoms. The van der Waals surface area contributed by atoms with Crippen LogP contribution in [-0.2, 0) is 10.0 Å². The van der Waals surface area contributed by atoms with E-state index >= 15 is 0 Å². The lowest BCUT2D eigenvalue weighted by Gasteiger charge is -2.18. The van der Waals surface area contributed by atoms with Gasteiger partial charge in [0.15, 0.2) is 5.65 Å². The van der Waals surface area contributed by atoms with Gasteiger partial charge in [-0.25, -0.2) is 22.5 Å². The molecule has 5 rings (SSSR count). The minimum Gasteiger partial charge on any atom is -0.366 e. The molecular weight excluding hydrogens is 512 g/mol. The molecule has 0 unspecified atom stereocenters. The van der Waals surface area contributed by atoms with Crippen LogP contribution >= 0.6 is 11.6 Å². The topological polar surface area (TPSA) is 88.4 Å². The van der Waals surface area contributed by atoms with E-state index in [1.165, 1.54) is 23.8 Å². The van der Waals surface area contributed by atoms with Gasteiger partial charge >= 0.3 is 0 Å². The highest BCUT2D eigenvalue weighted by Crippen LogP contribution is 2.30. The molecule has 0 saturated heterocycles. The molecule has 2 aliphatic carbocycles. The Morgan fingerprint density at radius 1 is 1.11 bits per heavy atom. The maximum atomic E-state index is 13.4. The van der Waals surface area contributed by atoms with E-state index in [1.807, 2.05) is 32.1 Å². The van der Waals surface area contributed by atoms with Gasteiger partial charge in [-0.05, 0) is 49.3 Å². The molecule has 190 valence electrons. The maximum Gasteiger partial charge on any atom is 0.240 e. The number of anilines is 1. The molecule has 11 heteroatoms. The van der Waals surface area contributed by atoms with Crippen molar-refractivity contribution in [2.24, 2.45) is 0 Å². The first kappa shape index (κ1) is 25.4. The van der Waals surface area contributed by atoms with Crippen molar-refractivity contribution in [3.8, 4) is 0 Å². The lowest BCUT2D eigenvalue weighted by molar-refractivity contribution is 0.579. The summed E-state index contributed by atoms with van der Waals surface area (Å²) in [5.41, 5.74) is 5.65. The zero-order valence-electron chi connectivity index (χ0n) is 20.3. The molecule has 37 heavy (non-hydrogen) atoms. The van der Waals surface area contributed by atoms with Crippen LogP contribution in [0, 0.1) is 5.82 Å². The van der Waals surface area contributed by atoms with Gasteiger partial charge in [-0.15, -0.1) is 0 Å². The molecule has 0 saturated carbocycles. The van der Waals surface area contributed by atoms with Crippen LogP contribution in [0.1, 0.15) is 31.4 Å². The van der Waals surface area contributed by atoms with Gasteiger partial charge in [-0.1, -0.05) is 53.1 Å². The van der Waals surface area contributed by atoms with Gasteiger partial charge in [0.25, 0.3) is 0 Å². The van der Waals surface area contributed by atoms with Crippen molar-refractivity contribution >= 4 is 52.0 Å². The van der Waals surface area contributed by atoms with E-state index in [4.69, 9.17) is 16.6 Å². The predicted molar refractivity (Wildman–Crippen MR) is 148 cm³/mol. The molecule has 2 heterocycles. The van der Waals surface area contributed by atoms with Crippen LogP contribution in [0.4, 0.5) is 10.2 Å². The third-order valence-electron chi connectivity index (χ3n) is 6.45. The standard InChI is InChI=1S/C26H26BClFN5O2S/c27-22-16-31-34-25(13-24(33-26(22)34)21-6-1-2-7-23(21)28)30-14-17-8-10-18(11-9-17)15-32-37(35,36)20-5-3-4-19(29)12-20/h1,3-6,8,10,12-13,16,30,32H,2,7,9,11,14-15,27H2. The number of benzene rings is 1. The second-order valence-corrected chi connectivity index (χ2v) is 11.4. The van der Waals surface area contributed by atoms with Crippen molar-refractivity contribution in [2.45, 2.75) is 30.6 Å². The number of nitrogens with one attached hydrogen (secondary N) is 2. The van der Waals surface area contributed by atoms with Crippen LogP contribution in [0.25, 0.3) is 11.2 Å². The second kappa shape index (κ2) is 10.6. The summed E-state index contributed by atoms with van der Waals surface area (Å²) in [6.07, 6.45) is 13.1. The van der Waals surface area contributed by atoms with Crippen molar-refractivity contribution in [2.75, 3.05) is 18.4 Å². The van der Waals surface area contributed by atoms with Crippen LogP contribution in [0.15, 0.2) is 81.9 Å². The highest BCUT2D eigenvalue weighted by Gasteiger charge is 2.17. The van der Waals surface area contributed by atoms with Gasteiger partial charge in [0.2, 0.25) is 10.0 Å². The van der Waals surface area contributed by atoms with Crippen molar-refractivity contribution in [1.29, 1.82) is 0 Å². The Hall–Kier alpha value is -3.21. The fourth-order valence-electron chi connectivity index (χ4n) is 4.32. The summed E-state index contributed by atoms with van der Waals surface area (Å²) >= 11 is 6.51. The third kappa shape index (κ3) is 5.71. The first-order valence-corrected chi connectivity index (χ1v) is 13.9. The zero-order chi connectivity index (χ0) is 26.0. The second-order valence-electron chi connectivity index (χ2n) is 9.13. The van der Waals surface area contributed by atoms with E-state index in [2.05, 4.69) is 21.2 Å². The lowest BCUT2D eigenvalue weighted by atomic mass is 9.98. The minimum absolute atomic E-state index is 0.0815. The number of rotatable bonds is 8. The molecule has 0 fully saturated rings. The molecule has 0 amide bonds. The summed E-state index contributed by atoms with van der Waals surface area (Å²) in [7, 11) is -1.80. The molecule has 3 aromatic rings. The van der Waals surface area contributed by atoms with Crippen LogP contribution in [0.2, 0.25) is 0 Å². The van der Waals surface area contributed by atoms with Crippen molar-refractivity contribution < 1.29 is 12.8 Å². The van der Waals surface area contributed by atoms with E-state index < -0.39 is 15.8 Å². The highest BCUT2D eigenvalue weighted by atomic mass is 35.5. The first-order valence-electron chi connectivity index (χ1n) is 12.1. The predicted octanol–water partition coefficient (Wildman–Crippen LogP) is 3.46. The molecule has 0 atom stereocenters. The third-order valence-corrected chi connectivity index (χ3v) is 8.24. The van der Waals surface area contributed by atoms with E-state index in [-0.39, 0.29) is 11.4 Å². The fraction of sp³-hybridized carbons (Fsp3) is 0.231. The molecule has 0 radical (unpaired) electrons. The number of nitrogens with zero attached hydrogens (tertiary/aromatic N) is 3. The Labute approximate surface area is 221 Å².